The number of halogens is 2. The first-order chi connectivity index (χ1) is 11.0. The van der Waals surface area contributed by atoms with Gasteiger partial charge in [-0.3, -0.25) is 4.79 Å². The van der Waals surface area contributed by atoms with Gasteiger partial charge in [-0.1, -0.05) is 29.3 Å². The normalized spacial score (nSPS) is 10.3. The minimum Gasteiger partial charge on any atom is -0.493 e. The fourth-order valence-corrected chi connectivity index (χ4v) is 2.50. The number of methoxy groups -OCH3 is 1. The standard InChI is InChI=1S/C17H17Cl2NO3/c1-3-23-16-8-11(5-7-15(16)22-2)17(21)20-10-12-4-6-13(18)9-14(12)19/h4-9H,3,10H2,1-2H3,(H,20,21). The fraction of sp³-hybridized carbons (Fsp3) is 0.235. The molecule has 0 aromatic heterocycles. The lowest BCUT2D eigenvalue weighted by Crippen LogP contribution is -2.23. The van der Waals surface area contributed by atoms with Crippen molar-refractivity contribution in [2.24, 2.45) is 0 Å². The van der Waals surface area contributed by atoms with Gasteiger partial charge in [-0.25, -0.2) is 0 Å². The number of ether oxygens (including phenoxy) is 2. The van der Waals surface area contributed by atoms with Crippen LogP contribution in [0.25, 0.3) is 0 Å². The predicted molar refractivity (Wildman–Crippen MR) is 91.8 cm³/mol. The smallest absolute Gasteiger partial charge is 0.251 e. The summed E-state index contributed by atoms with van der Waals surface area (Å²) in [6.07, 6.45) is 0. The topological polar surface area (TPSA) is 47.6 Å². The average Bonchev–Trinajstić information content (AvgIpc) is 2.54. The van der Waals surface area contributed by atoms with Crippen LogP contribution in [0.15, 0.2) is 36.4 Å². The number of amides is 1. The van der Waals surface area contributed by atoms with Crippen molar-refractivity contribution in [1.29, 1.82) is 0 Å². The van der Waals surface area contributed by atoms with Crippen LogP contribution in [0.3, 0.4) is 0 Å². The van der Waals surface area contributed by atoms with Gasteiger partial charge in [0.1, 0.15) is 0 Å². The van der Waals surface area contributed by atoms with E-state index in [1.165, 1.54) is 0 Å². The maximum atomic E-state index is 12.3. The van der Waals surface area contributed by atoms with Crippen LogP contribution in [0, 0.1) is 0 Å². The molecule has 0 radical (unpaired) electrons. The Morgan fingerprint density at radius 3 is 2.57 bits per heavy atom. The second kappa shape index (κ2) is 8.09. The summed E-state index contributed by atoms with van der Waals surface area (Å²) >= 11 is 11.9. The lowest BCUT2D eigenvalue weighted by Gasteiger charge is -2.12. The molecule has 0 unspecified atom stereocenters. The highest BCUT2D eigenvalue weighted by atomic mass is 35.5. The monoisotopic (exact) mass is 353 g/mol. The molecule has 2 aromatic carbocycles. The third kappa shape index (κ3) is 4.53. The summed E-state index contributed by atoms with van der Waals surface area (Å²) in [5, 5.41) is 3.89. The Hall–Kier alpha value is -1.91. The second-order valence-corrected chi connectivity index (χ2v) is 5.56. The second-order valence-electron chi connectivity index (χ2n) is 4.72. The Balaban J connectivity index is 2.09. The third-order valence-corrected chi connectivity index (χ3v) is 3.77. The molecule has 0 aliphatic heterocycles. The number of benzene rings is 2. The van der Waals surface area contributed by atoms with E-state index in [-0.39, 0.29) is 5.91 Å². The summed E-state index contributed by atoms with van der Waals surface area (Å²) in [7, 11) is 1.56. The van der Waals surface area contributed by atoms with Gasteiger partial charge in [-0.15, -0.1) is 0 Å². The first-order valence-electron chi connectivity index (χ1n) is 7.08. The fourth-order valence-electron chi connectivity index (χ4n) is 2.03. The molecule has 6 heteroatoms. The zero-order valence-corrected chi connectivity index (χ0v) is 14.4. The van der Waals surface area contributed by atoms with E-state index < -0.39 is 0 Å². The molecular weight excluding hydrogens is 337 g/mol. The van der Waals surface area contributed by atoms with E-state index in [0.29, 0.717) is 40.3 Å². The third-order valence-electron chi connectivity index (χ3n) is 3.18. The first-order valence-corrected chi connectivity index (χ1v) is 7.83. The Morgan fingerprint density at radius 2 is 1.91 bits per heavy atom. The van der Waals surface area contributed by atoms with Crippen molar-refractivity contribution >= 4 is 29.1 Å². The van der Waals surface area contributed by atoms with Gasteiger partial charge in [-0.2, -0.15) is 0 Å². The van der Waals surface area contributed by atoms with Crippen LogP contribution in [0.2, 0.25) is 10.0 Å². The average molecular weight is 354 g/mol. The molecule has 0 atom stereocenters. The van der Waals surface area contributed by atoms with Gasteiger partial charge in [0.2, 0.25) is 0 Å². The van der Waals surface area contributed by atoms with Gasteiger partial charge in [0, 0.05) is 22.2 Å². The van der Waals surface area contributed by atoms with E-state index in [2.05, 4.69) is 5.32 Å². The van der Waals surface area contributed by atoms with E-state index >= 15 is 0 Å². The number of nitrogens with one attached hydrogen (secondary N) is 1. The predicted octanol–water partition coefficient (Wildman–Crippen LogP) is 4.33. The van der Waals surface area contributed by atoms with E-state index in [1.54, 1.807) is 43.5 Å². The van der Waals surface area contributed by atoms with Crippen molar-refractivity contribution in [1.82, 2.24) is 5.32 Å². The lowest BCUT2D eigenvalue weighted by molar-refractivity contribution is 0.0950. The summed E-state index contributed by atoms with van der Waals surface area (Å²) < 4.78 is 10.7. The van der Waals surface area contributed by atoms with Crippen molar-refractivity contribution in [3.8, 4) is 11.5 Å². The highest BCUT2D eigenvalue weighted by Crippen LogP contribution is 2.28. The zero-order chi connectivity index (χ0) is 16.8. The molecule has 0 heterocycles. The summed E-state index contributed by atoms with van der Waals surface area (Å²) in [4.78, 5) is 12.3. The Kier molecular flexibility index (Phi) is 6.13. The Labute approximate surface area is 145 Å². The molecule has 0 bridgehead atoms. The minimum atomic E-state index is -0.223. The van der Waals surface area contributed by atoms with Gasteiger partial charge in [0.25, 0.3) is 5.91 Å². The quantitative estimate of drug-likeness (QED) is 0.840. The molecule has 0 saturated carbocycles. The Morgan fingerprint density at radius 1 is 1.13 bits per heavy atom. The van der Waals surface area contributed by atoms with Crippen LogP contribution in [-0.4, -0.2) is 19.6 Å². The van der Waals surface area contributed by atoms with Gasteiger partial charge < -0.3 is 14.8 Å². The summed E-state index contributed by atoms with van der Waals surface area (Å²) in [6, 6.07) is 10.2. The van der Waals surface area contributed by atoms with Gasteiger partial charge in [-0.05, 0) is 42.8 Å². The molecule has 0 saturated heterocycles. The molecule has 2 rings (SSSR count). The molecule has 0 spiro atoms. The van der Waals surface area contributed by atoms with Gasteiger partial charge in [0.05, 0.1) is 13.7 Å². The van der Waals surface area contributed by atoms with Crippen molar-refractivity contribution in [2.75, 3.05) is 13.7 Å². The largest absolute Gasteiger partial charge is 0.493 e. The molecule has 0 aliphatic rings. The van der Waals surface area contributed by atoms with E-state index in [0.717, 1.165) is 5.56 Å². The molecule has 0 fully saturated rings. The number of carbonyl (C=O) groups is 1. The zero-order valence-electron chi connectivity index (χ0n) is 12.9. The van der Waals surface area contributed by atoms with Crippen LogP contribution in [-0.2, 0) is 6.54 Å². The highest BCUT2D eigenvalue weighted by Gasteiger charge is 2.11. The first kappa shape index (κ1) is 17.4. The van der Waals surface area contributed by atoms with Crippen LogP contribution >= 0.6 is 23.2 Å². The summed E-state index contributed by atoms with van der Waals surface area (Å²) in [5.41, 5.74) is 1.28. The SMILES string of the molecule is CCOc1cc(C(=O)NCc2ccc(Cl)cc2Cl)ccc1OC. The lowest BCUT2D eigenvalue weighted by atomic mass is 10.1. The van der Waals surface area contributed by atoms with Crippen molar-refractivity contribution < 1.29 is 14.3 Å². The maximum Gasteiger partial charge on any atom is 0.251 e. The Bertz CT molecular complexity index is 704. The van der Waals surface area contributed by atoms with Crippen LogP contribution in [0.1, 0.15) is 22.8 Å². The van der Waals surface area contributed by atoms with Gasteiger partial charge >= 0.3 is 0 Å². The molecule has 2 aromatic rings. The highest BCUT2D eigenvalue weighted by molar-refractivity contribution is 6.35. The van der Waals surface area contributed by atoms with Crippen LogP contribution < -0.4 is 14.8 Å². The molecule has 4 nitrogen and oxygen atoms in total. The molecule has 23 heavy (non-hydrogen) atoms. The minimum absolute atomic E-state index is 0.223. The number of carbonyl (C=O) groups excluding carboxylic acids is 1. The number of hydrogen-bond donors (Lipinski definition) is 1. The summed E-state index contributed by atoms with van der Waals surface area (Å²) in [5.74, 6) is 0.899. The molecule has 1 amide bonds. The number of rotatable bonds is 6. The van der Waals surface area contributed by atoms with Crippen molar-refractivity contribution in [2.45, 2.75) is 13.5 Å². The summed E-state index contributed by atoms with van der Waals surface area (Å²) in [6.45, 7) is 2.67. The van der Waals surface area contributed by atoms with Crippen molar-refractivity contribution in [3.63, 3.8) is 0 Å². The van der Waals surface area contributed by atoms with E-state index in [9.17, 15) is 4.79 Å². The molecule has 122 valence electrons. The molecule has 0 aliphatic carbocycles. The van der Waals surface area contributed by atoms with E-state index in [4.69, 9.17) is 32.7 Å². The van der Waals surface area contributed by atoms with Crippen LogP contribution in [0.5, 0.6) is 11.5 Å². The number of hydrogen-bond acceptors (Lipinski definition) is 3. The van der Waals surface area contributed by atoms with Crippen molar-refractivity contribution in [3.05, 3.63) is 57.6 Å². The van der Waals surface area contributed by atoms with Gasteiger partial charge in [0.15, 0.2) is 11.5 Å². The van der Waals surface area contributed by atoms with E-state index in [1.807, 2.05) is 6.92 Å². The maximum absolute atomic E-state index is 12.3. The van der Waals surface area contributed by atoms with Crippen LogP contribution in [0.4, 0.5) is 0 Å². The molecular formula is C17H17Cl2NO3. The molecule has 1 N–H and O–H groups in total.